The molecule has 0 aliphatic carbocycles. The summed E-state index contributed by atoms with van der Waals surface area (Å²) in [6.07, 6.45) is 1.78. The first kappa shape index (κ1) is 15.0. The van der Waals surface area contributed by atoms with Crippen LogP contribution in [0.1, 0.15) is 18.3 Å². The fourth-order valence-corrected chi connectivity index (χ4v) is 3.42. The standard InChI is InChI=1S/C13H16ClN3O2S/c1-2-17-13(15-10-16-17)9-20(18,19)8-7-11-5-3-4-6-12(11)14/h3-6,10H,2,7-9H2,1H3. The van der Waals surface area contributed by atoms with Gasteiger partial charge in [0.1, 0.15) is 17.9 Å². The summed E-state index contributed by atoms with van der Waals surface area (Å²) in [5.74, 6) is 0.435. The lowest BCUT2D eigenvalue weighted by Crippen LogP contribution is -2.15. The lowest BCUT2D eigenvalue weighted by molar-refractivity contribution is 0.583. The Balaban J connectivity index is 2.03. The second-order valence-corrected chi connectivity index (χ2v) is 7.02. The van der Waals surface area contributed by atoms with E-state index < -0.39 is 9.84 Å². The number of hydrogen-bond donors (Lipinski definition) is 0. The molecule has 108 valence electrons. The number of nitrogens with zero attached hydrogens (tertiary/aromatic N) is 3. The average Bonchev–Trinajstić information content (AvgIpc) is 2.84. The van der Waals surface area contributed by atoms with E-state index in [0.29, 0.717) is 23.8 Å². The summed E-state index contributed by atoms with van der Waals surface area (Å²) < 4.78 is 25.8. The van der Waals surface area contributed by atoms with Gasteiger partial charge >= 0.3 is 0 Å². The fourth-order valence-electron chi connectivity index (χ4n) is 1.90. The van der Waals surface area contributed by atoms with E-state index in [1.165, 1.54) is 6.33 Å². The topological polar surface area (TPSA) is 64.8 Å². The summed E-state index contributed by atoms with van der Waals surface area (Å²) >= 11 is 6.02. The summed E-state index contributed by atoms with van der Waals surface area (Å²) in [6.45, 7) is 2.50. The van der Waals surface area contributed by atoms with Crippen LogP contribution in [0.5, 0.6) is 0 Å². The third-order valence-electron chi connectivity index (χ3n) is 2.98. The summed E-state index contributed by atoms with van der Waals surface area (Å²) in [7, 11) is -3.23. The number of aromatic nitrogens is 3. The van der Waals surface area contributed by atoms with Gasteiger partial charge in [-0.1, -0.05) is 29.8 Å². The zero-order valence-electron chi connectivity index (χ0n) is 11.2. The minimum atomic E-state index is -3.23. The van der Waals surface area contributed by atoms with Gasteiger partial charge in [-0.05, 0) is 25.0 Å². The number of rotatable bonds is 6. The Morgan fingerprint density at radius 3 is 2.75 bits per heavy atom. The van der Waals surface area contributed by atoms with Crippen LogP contribution in [0.15, 0.2) is 30.6 Å². The van der Waals surface area contributed by atoms with Crippen molar-refractivity contribution in [3.8, 4) is 0 Å². The molecule has 0 atom stereocenters. The maximum Gasteiger partial charge on any atom is 0.157 e. The smallest absolute Gasteiger partial charge is 0.157 e. The minimum Gasteiger partial charge on any atom is -0.249 e. The SMILES string of the molecule is CCn1ncnc1CS(=O)(=O)CCc1ccccc1Cl. The van der Waals surface area contributed by atoms with Crippen LogP contribution in [0.3, 0.4) is 0 Å². The highest BCUT2D eigenvalue weighted by Crippen LogP contribution is 2.16. The number of sulfone groups is 1. The molecule has 0 bridgehead atoms. The lowest BCUT2D eigenvalue weighted by Gasteiger charge is -2.06. The van der Waals surface area contributed by atoms with Crippen molar-refractivity contribution in [2.75, 3.05) is 5.75 Å². The van der Waals surface area contributed by atoms with Gasteiger partial charge in [0, 0.05) is 11.6 Å². The van der Waals surface area contributed by atoms with Gasteiger partial charge in [0.2, 0.25) is 0 Å². The van der Waals surface area contributed by atoms with Gasteiger partial charge in [-0.15, -0.1) is 0 Å². The predicted octanol–water partition coefficient (Wildman–Crippen LogP) is 2.11. The molecule has 0 amide bonds. The third-order valence-corrected chi connectivity index (χ3v) is 4.88. The number of benzene rings is 1. The molecule has 2 rings (SSSR count). The zero-order valence-corrected chi connectivity index (χ0v) is 12.7. The minimum absolute atomic E-state index is 0.0489. The molecule has 5 nitrogen and oxygen atoms in total. The van der Waals surface area contributed by atoms with E-state index in [9.17, 15) is 8.42 Å². The molecule has 0 spiro atoms. The Hall–Kier alpha value is -1.40. The van der Waals surface area contributed by atoms with E-state index in [4.69, 9.17) is 11.6 Å². The largest absolute Gasteiger partial charge is 0.249 e. The molecule has 0 saturated heterocycles. The molecule has 1 heterocycles. The summed E-state index contributed by atoms with van der Waals surface area (Å²) in [4.78, 5) is 3.99. The predicted molar refractivity (Wildman–Crippen MR) is 78.3 cm³/mol. The van der Waals surface area contributed by atoms with E-state index in [2.05, 4.69) is 10.1 Å². The van der Waals surface area contributed by atoms with Gasteiger partial charge in [-0.25, -0.2) is 18.1 Å². The van der Waals surface area contributed by atoms with E-state index >= 15 is 0 Å². The molecule has 0 fully saturated rings. The van der Waals surface area contributed by atoms with Gasteiger partial charge < -0.3 is 0 Å². The van der Waals surface area contributed by atoms with Crippen LogP contribution >= 0.6 is 11.6 Å². The number of hydrogen-bond acceptors (Lipinski definition) is 4. The Bertz CT molecular complexity index is 682. The molecular formula is C13H16ClN3O2S. The molecule has 0 unspecified atom stereocenters. The highest BCUT2D eigenvalue weighted by atomic mass is 35.5. The highest BCUT2D eigenvalue weighted by molar-refractivity contribution is 7.90. The Labute approximate surface area is 123 Å². The molecule has 1 aromatic carbocycles. The van der Waals surface area contributed by atoms with Crippen LogP contribution in [0.25, 0.3) is 0 Å². The van der Waals surface area contributed by atoms with Crippen molar-refractivity contribution in [2.45, 2.75) is 25.6 Å². The Morgan fingerprint density at radius 2 is 2.05 bits per heavy atom. The fraction of sp³-hybridized carbons (Fsp3) is 0.385. The van der Waals surface area contributed by atoms with Crippen LogP contribution in [0, 0.1) is 0 Å². The second-order valence-electron chi connectivity index (χ2n) is 4.43. The van der Waals surface area contributed by atoms with Crippen molar-refractivity contribution < 1.29 is 8.42 Å². The molecule has 0 aliphatic rings. The van der Waals surface area contributed by atoms with Crippen LogP contribution < -0.4 is 0 Å². The second kappa shape index (κ2) is 6.37. The molecule has 0 aliphatic heterocycles. The zero-order chi connectivity index (χ0) is 14.6. The van der Waals surface area contributed by atoms with Gasteiger partial charge in [-0.2, -0.15) is 5.10 Å². The first-order valence-corrected chi connectivity index (χ1v) is 8.52. The van der Waals surface area contributed by atoms with Crippen LogP contribution in [-0.2, 0) is 28.6 Å². The molecule has 20 heavy (non-hydrogen) atoms. The summed E-state index contributed by atoms with van der Waals surface area (Å²) in [5.41, 5.74) is 0.842. The maximum atomic E-state index is 12.1. The molecule has 0 radical (unpaired) electrons. The normalized spacial score (nSPS) is 11.7. The monoisotopic (exact) mass is 313 g/mol. The number of aryl methyl sites for hydroxylation is 2. The Kier molecular flexibility index (Phi) is 4.77. The van der Waals surface area contributed by atoms with Crippen molar-refractivity contribution >= 4 is 21.4 Å². The molecule has 0 N–H and O–H groups in total. The van der Waals surface area contributed by atoms with Gasteiger partial charge in [-0.3, -0.25) is 0 Å². The molecule has 1 aromatic heterocycles. The van der Waals surface area contributed by atoms with Gasteiger partial charge in [0.05, 0.1) is 5.75 Å². The summed E-state index contributed by atoms with van der Waals surface area (Å²) in [6, 6.07) is 7.27. The van der Waals surface area contributed by atoms with Gasteiger partial charge in [0.25, 0.3) is 0 Å². The highest BCUT2D eigenvalue weighted by Gasteiger charge is 2.16. The molecule has 2 aromatic rings. The molecule has 0 saturated carbocycles. The van der Waals surface area contributed by atoms with Crippen molar-refractivity contribution in [1.82, 2.24) is 14.8 Å². The Morgan fingerprint density at radius 1 is 1.30 bits per heavy atom. The third kappa shape index (κ3) is 3.80. The first-order chi connectivity index (χ1) is 9.52. The van der Waals surface area contributed by atoms with Crippen molar-refractivity contribution in [3.05, 3.63) is 47.0 Å². The maximum absolute atomic E-state index is 12.1. The van der Waals surface area contributed by atoms with Crippen molar-refractivity contribution in [3.63, 3.8) is 0 Å². The van der Waals surface area contributed by atoms with Crippen LogP contribution in [0.2, 0.25) is 5.02 Å². The lowest BCUT2D eigenvalue weighted by atomic mass is 10.2. The van der Waals surface area contributed by atoms with Crippen molar-refractivity contribution in [1.29, 1.82) is 0 Å². The van der Waals surface area contributed by atoms with Crippen molar-refractivity contribution in [2.24, 2.45) is 0 Å². The summed E-state index contributed by atoms with van der Waals surface area (Å²) in [5, 5.41) is 4.57. The van der Waals surface area contributed by atoms with E-state index in [-0.39, 0.29) is 11.5 Å². The van der Waals surface area contributed by atoms with Crippen LogP contribution in [-0.4, -0.2) is 28.9 Å². The van der Waals surface area contributed by atoms with E-state index in [1.54, 1.807) is 10.7 Å². The van der Waals surface area contributed by atoms with E-state index in [1.807, 2.05) is 25.1 Å². The van der Waals surface area contributed by atoms with Gasteiger partial charge in [0.15, 0.2) is 9.84 Å². The number of halogens is 1. The van der Waals surface area contributed by atoms with Crippen LogP contribution in [0.4, 0.5) is 0 Å². The van der Waals surface area contributed by atoms with E-state index in [0.717, 1.165) is 5.56 Å². The molecule has 7 heteroatoms. The average molecular weight is 314 g/mol. The quantitative estimate of drug-likeness (QED) is 0.819. The molecular weight excluding hydrogens is 298 g/mol. The first-order valence-electron chi connectivity index (χ1n) is 6.32.